The van der Waals surface area contributed by atoms with E-state index in [1.54, 1.807) is 13.0 Å². The number of carbonyl (C=O) groups is 1. The van der Waals surface area contributed by atoms with Gasteiger partial charge in [0.15, 0.2) is 5.69 Å². The molecule has 0 aliphatic heterocycles. The van der Waals surface area contributed by atoms with Gasteiger partial charge in [0.2, 0.25) is 0 Å². The van der Waals surface area contributed by atoms with Crippen molar-refractivity contribution in [1.82, 2.24) is 9.97 Å². The first-order valence-corrected chi connectivity index (χ1v) is 4.71. The quantitative estimate of drug-likeness (QED) is 0.794. The summed E-state index contributed by atoms with van der Waals surface area (Å²) in [4.78, 5) is 18.7. The van der Waals surface area contributed by atoms with Gasteiger partial charge in [0.05, 0.1) is 0 Å². The summed E-state index contributed by atoms with van der Waals surface area (Å²) in [5.74, 6) is -0.468. The van der Waals surface area contributed by atoms with E-state index in [0.29, 0.717) is 5.82 Å². The summed E-state index contributed by atoms with van der Waals surface area (Å²) in [5.41, 5.74) is 0.903. The first-order chi connectivity index (χ1) is 6.63. The van der Waals surface area contributed by atoms with Crippen molar-refractivity contribution in [2.24, 2.45) is 0 Å². The molecule has 0 saturated heterocycles. The SMILES string of the molecule is CCCCc1cc(C(=O)O)nc(C)n1. The second-order valence-corrected chi connectivity index (χ2v) is 3.20. The lowest BCUT2D eigenvalue weighted by atomic mass is 10.2. The third kappa shape index (κ3) is 2.80. The van der Waals surface area contributed by atoms with Crippen LogP contribution in [0.25, 0.3) is 0 Å². The molecule has 76 valence electrons. The van der Waals surface area contributed by atoms with E-state index in [2.05, 4.69) is 16.9 Å². The van der Waals surface area contributed by atoms with Gasteiger partial charge in [-0.05, 0) is 25.8 Å². The van der Waals surface area contributed by atoms with E-state index in [9.17, 15) is 4.79 Å². The fraction of sp³-hybridized carbons (Fsp3) is 0.500. The van der Waals surface area contributed by atoms with Crippen molar-refractivity contribution in [3.63, 3.8) is 0 Å². The van der Waals surface area contributed by atoms with Gasteiger partial charge in [-0.25, -0.2) is 14.8 Å². The smallest absolute Gasteiger partial charge is 0.354 e. The van der Waals surface area contributed by atoms with Gasteiger partial charge in [0.1, 0.15) is 5.82 Å². The van der Waals surface area contributed by atoms with Crippen LogP contribution in [0.4, 0.5) is 0 Å². The number of aryl methyl sites for hydroxylation is 2. The maximum Gasteiger partial charge on any atom is 0.354 e. The van der Waals surface area contributed by atoms with Gasteiger partial charge >= 0.3 is 5.97 Å². The van der Waals surface area contributed by atoms with Crippen LogP contribution in [0.1, 0.15) is 41.8 Å². The molecule has 1 rings (SSSR count). The molecular formula is C10H14N2O2. The molecule has 0 atom stereocenters. The third-order valence-corrected chi connectivity index (χ3v) is 1.90. The minimum atomic E-state index is -0.992. The van der Waals surface area contributed by atoms with E-state index < -0.39 is 5.97 Å². The van der Waals surface area contributed by atoms with Crippen LogP contribution < -0.4 is 0 Å². The second kappa shape index (κ2) is 4.69. The molecule has 0 radical (unpaired) electrons. The Kier molecular flexibility index (Phi) is 3.56. The van der Waals surface area contributed by atoms with Crippen LogP contribution in [-0.2, 0) is 6.42 Å². The summed E-state index contributed by atoms with van der Waals surface area (Å²) < 4.78 is 0. The average molecular weight is 194 g/mol. The summed E-state index contributed by atoms with van der Waals surface area (Å²) in [6.07, 6.45) is 2.92. The third-order valence-electron chi connectivity index (χ3n) is 1.90. The van der Waals surface area contributed by atoms with Crippen LogP contribution in [0.5, 0.6) is 0 Å². The maximum atomic E-state index is 10.7. The number of rotatable bonds is 4. The predicted molar refractivity (Wildman–Crippen MR) is 52.3 cm³/mol. The number of hydrogen-bond donors (Lipinski definition) is 1. The van der Waals surface area contributed by atoms with E-state index in [1.165, 1.54) is 0 Å². The zero-order valence-electron chi connectivity index (χ0n) is 8.45. The summed E-state index contributed by atoms with van der Waals surface area (Å²) in [6.45, 7) is 3.80. The highest BCUT2D eigenvalue weighted by Crippen LogP contribution is 2.05. The Hall–Kier alpha value is -1.45. The lowest BCUT2D eigenvalue weighted by Crippen LogP contribution is -2.05. The molecule has 1 N–H and O–H groups in total. The Morgan fingerprint density at radius 3 is 2.79 bits per heavy atom. The normalized spacial score (nSPS) is 10.1. The van der Waals surface area contributed by atoms with Crippen LogP contribution in [0.3, 0.4) is 0 Å². The van der Waals surface area contributed by atoms with Crippen LogP contribution in [0.15, 0.2) is 6.07 Å². The molecule has 0 unspecified atom stereocenters. The first kappa shape index (κ1) is 10.6. The van der Waals surface area contributed by atoms with E-state index in [-0.39, 0.29) is 5.69 Å². The molecule has 4 nitrogen and oxygen atoms in total. The Bertz CT molecular complexity index is 337. The van der Waals surface area contributed by atoms with Crippen molar-refractivity contribution in [2.45, 2.75) is 33.1 Å². The van der Waals surface area contributed by atoms with Crippen molar-refractivity contribution < 1.29 is 9.90 Å². The Morgan fingerprint density at radius 1 is 1.50 bits per heavy atom. The van der Waals surface area contributed by atoms with Crippen LogP contribution >= 0.6 is 0 Å². The van der Waals surface area contributed by atoms with E-state index >= 15 is 0 Å². The Morgan fingerprint density at radius 2 is 2.21 bits per heavy atom. The largest absolute Gasteiger partial charge is 0.477 e. The number of carboxylic acid groups (broad SMARTS) is 1. The number of unbranched alkanes of at least 4 members (excludes halogenated alkanes) is 1. The fourth-order valence-corrected chi connectivity index (χ4v) is 1.23. The van der Waals surface area contributed by atoms with Crippen LogP contribution in [-0.4, -0.2) is 21.0 Å². The first-order valence-electron chi connectivity index (χ1n) is 4.71. The summed E-state index contributed by atoms with van der Waals surface area (Å²) in [6, 6.07) is 1.55. The van der Waals surface area contributed by atoms with Crippen molar-refractivity contribution >= 4 is 5.97 Å². The molecule has 14 heavy (non-hydrogen) atoms. The van der Waals surface area contributed by atoms with Crippen LogP contribution in [0, 0.1) is 6.92 Å². The summed E-state index contributed by atoms with van der Waals surface area (Å²) in [5, 5.41) is 8.77. The zero-order chi connectivity index (χ0) is 10.6. The number of hydrogen-bond acceptors (Lipinski definition) is 3. The number of aromatic nitrogens is 2. The molecule has 0 bridgehead atoms. The lowest BCUT2D eigenvalue weighted by Gasteiger charge is -2.02. The van der Waals surface area contributed by atoms with Gasteiger partial charge in [-0.15, -0.1) is 0 Å². The van der Waals surface area contributed by atoms with Crippen molar-refractivity contribution in [1.29, 1.82) is 0 Å². The Labute approximate surface area is 83.0 Å². The second-order valence-electron chi connectivity index (χ2n) is 3.20. The van der Waals surface area contributed by atoms with E-state index in [1.807, 2.05) is 0 Å². The molecule has 1 heterocycles. The Balaban J connectivity index is 2.89. The molecular weight excluding hydrogens is 180 g/mol. The van der Waals surface area contributed by atoms with Gasteiger partial charge in [0.25, 0.3) is 0 Å². The van der Waals surface area contributed by atoms with Crippen LogP contribution in [0.2, 0.25) is 0 Å². The molecule has 0 fully saturated rings. The minimum Gasteiger partial charge on any atom is -0.477 e. The van der Waals surface area contributed by atoms with Gasteiger partial charge in [-0.1, -0.05) is 13.3 Å². The topological polar surface area (TPSA) is 63.1 Å². The molecule has 1 aromatic rings. The molecule has 1 aromatic heterocycles. The molecule has 0 spiro atoms. The summed E-state index contributed by atoms with van der Waals surface area (Å²) in [7, 11) is 0. The van der Waals surface area contributed by atoms with Gasteiger partial charge in [0, 0.05) is 5.69 Å². The predicted octanol–water partition coefficient (Wildman–Crippen LogP) is 1.83. The molecule has 0 amide bonds. The highest BCUT2D eigenvalue weighted by atomic mass is 16.4. The zero-order valence-corrected chi connectivity index (χ0v) is 8.45. The molecule has 0 saturated carbocycles. The van der Waals surface area contributed by atoms with E-state index in [0.717, 1.165) is 25.0 Å². The van der Waals surface area contributed by atoms with Crippen molar-refractivity contribution in [3.8, 4) is 0 Å². The lowest BCUT2D eigenvalue weighted by molar-refractivity contribution is 0.0689. The minimum absolute atomic E-state index is 0.0867. The molecule has 0 aliphatic carbocycles. The van der Waals surface area contributed by atoms with E-state index in [4.69, 9.17) is 5.11 Å². The number of aromatic carboxylic acids is 1. The summed E-state index contributed by atoms with van der Waals surface area (Å²) >= 11 is 0. The standard InChI is InChI=1S/C10H14N2O2/c1-3-4-5-8-6-9(10(13)14)12-7(2)11-8/h6H,3-5H2,1-2H3,(H,13,14). The number of carboxylic acids is 1. The van der Waals surface area contributed by atoms with Gasteiger partial charge in [-0.2, -0.15) is 0 Å². The molecule has 0 aromatic carbocycles. The van der Waals surface area contributed by atoms with Gasteiger partial charge in [-0.3, -0.25) is 0 Å². The van der Waals surface area contributed by atoms with Crippen molar-refractivity contribution in [2.75, 3.05) is 0 Å². The average Bonchev–Trinajstić information content (AvgIpc) is 2.14. The van der Waals surface area contributed by atoms with Gasteiger partial charge < -0.3 is 5.11 Å². The molecule has 0 aliphatic rings. The fourth-order valence-electron chi connectivity index (χ4n) is 1.23. The maximum absolute atomic E-state index is 10.7. The highest BCUT2D eigenvalue weighted by Gasteiger charge is 2.07. The highest BCUT2D eigenvalue weighted by molar-refractivity contribution is 5.85. The molecule has 4 heteroatoms. The number of nitrogens with zero attached hydrogens (tertiary/aromatic N) is 2. The van der Waals surface area contributed by atoms with Crippen molar-refractivity contribution in [3.05, 3.63) is 23.3 Å². The monoisotopic (exact) mass is 194 g/mol.